The van der Waals surface area contributed by atoms with Crippen LogP contribution in [0.1, 0.15) is 38.5 Å². The van der Waals surface area contributed by atoms with E-state index in [-0.39, 0.29) is 6.04 Å². The number of fused-ring (bicyclic) bond motifs is 1. The van der Waals surface area contributed by atoms with Gasteiger partial charge in [0.25, 0.3) is 0 Å². The van der Waals surface area contributed by atoms with Crippen LogP contribution in [0.15, 0.2) is 34.7 Å². The third kappa shape index (κ3) is 2.99. The quantitative estimate of drug-likeness (QED) is 0.863. The summed E-state index contributed by atoms with van der Waals surface area (Å²) in [5.74, 6) is 0.967. The SMILES string of the molecule is CCCC(C)N(C)C(CN)c1cc2ccccc2o1. The van der Waals surface area contributed by atoms with Crippen LogP contribution in [0.4, 0.5) is 0 Å². The second-order valence-corrected chi connectivity index (χ2v) is 5.24. The predicted octanol–water partition coefficient (Wildman–Crippen LogP) is 3.55. The molecule has 1 heterocycles. The van der Waals surface area contributed by atoms with Crippen LogP contribution in [-0.2, 0) is 0 Å². The van der Waals surface area contributed by atoms with Gasteiger partial charge in [0.05, 0.1) is 6.04 Å². The summed E-state index contributed by atoms with van der Waals surface area (Å²) < 4.78 is 5.95. The van der Waals surface area contributed by atoms with Gasteiger partial charge in [-0.2, -0.15) is 0 Å². The number of nitrogens with two attached hydrogens (primary N) is 1. The lowest BCUT2D eigenvalue weighted by atomic mass is 10.1. The van der Waals surface area contributed by atoms with Gasteiger partial charge in [-0.1, -0.05) is 31.5 Å². The molecule has 2 unspecified atom stereocenters. The third-order valence-corrected chi connectivity index (χ3v) is 3.89. The highest BCUT2D eigenvalue weighted by atomic mass is 16.3. The fraction of sp³-hybridized carbons (Fsp3) is 0.500. The molecule has 0 saturated carbocycles. The number of rotatable bonds is 6. The number of furan rings is 1. The Labute approximate surface area is 115 Å². The lowest BCUT2D eigenvalue weighted by Gasteiger charge is -2.31. The molecular weight excluding hydrogens is 236 g/mol. The lowest BCUT2D eigenvalue weighted by Crippen LogP contribution is -2.36. The van der Waals surface area contributed by atoms with Crippen LogP contribution < -0.4 is 5.73 Å². The molecule has 2 atom stereocenters. The maximum atomic E-state index is 5.96. The van der Waals surface area contributed by atoms with Crippen LogP contribution >= 0.6 is 0 Å². The van der Waals surface area contributed by atoms with Crippen molar-refractivity contribution in [1.82, 2.24) is 4.90 Å². The van der Waals surface area contributed by atoms with Gasteiger partial charge in [-0.05, 0) is 32.5 Å². The first-order valence-electron chi connectivity index (χ1n) is 7.07. The third-order valence-electron chi connectivity index (χ3n) is 3.89. The zero-order valence-electron chi connectivity index (χ0n) is 12.1. The average Bonchev–Trinajstić information content (AvgIpc) is 2.83. The molecule has 0 amide bonds. The van der Waals surface area contributed by atoms with Gasteiger partial charge < -0.3 is 10.2 Å². The average molecular weight is 260 g/mol. The number of hydrogen-bond acceptors (Lipinski definition) is 3. The van der Waals surface area contributed by atoms with E-state index in [0.717, 1.165) is 16.7 Å². The molecule has 19 heavy (non-hydrogen) atoms. The van der Waals surface area contributed by atoms with Crippen molar-refractivity contribution in [2.75, 3.05) is 13.6 Å². The van der Waals surface area contributed by atoms with E-state index in [1.807, 2.05) is 18.2 Å². The summed E-state index contributed by atoms with van der Waals surface area (Å²) in [6, 6.07) is 10.9. The maximum Gasteiger partial charge on any atom is 0.134 e. The van der Waals surface area contributed by atoms with Crippen molar-refractivity contribution in [2.45, 2.75) is 38.8 Å². The molecule has 3 nitrogen and oxygen atoms in total. The van der Waals surface area contributed by atoms with Gasteiger partial charge in [-0.3, -0.25) is 4.90 Å². The van der Waals surface area contributed by atoms with E-state index >= 15 is 0 Å². The monoisotopic (exact) mass is 260 g/mol. The van der Waals surface area contributed by atoms with E-state index in [1.54, 1.807) is 0 Å². The summed E-state index contributed by atoms with van der Waals surface area (Å²) in [6.07, 6.45) is 2.36. The topological polar surface area (TPSA) is 42.4 Å². The summed E-state index contributed by atoms with van der Waals surface area (Å²) >= 11 is 0. The van der Waals surface area contributed by atoms with Crippen molar-refractivity contribution in [2.24, 2.45) is 5.73 Å². The number of hydrogen-bond donors (Lipinski definition) is 1. The van der Waals surface area contributed by atoms with Crippen LogP contribution in [0, 0.1) is 0 Å². The summed E-state index contributed by atoms with van der Waals surface area (Å²) in [5.41, 5.74) is 6.90. The highest BCUT2D eigenvalue weighted by Crippen LogP contribution is 2.28. The van der Waals surface area contributed by atoms with E-state index in [1.165, 1.54) is 12.8 Å². The summed E-state index contributed by atoms with van der Waals surface area (Å²) in [7, 11) is 2.13. The Hall–Kier alpha value is -1.32. The highest BCUT2D eigenvalue weighted by Gasteiger charge is 2.23. The standard InChI is InChI=1S/C16H24N2O/c1-4-7-12(2)18(3)14(11-17)16-10-13-8-5-6-9-15(13)19-16/h5-6,8-10,12,14H,4,7,11,17H2,1-3H3. The zero-order valence-corrected chi connectivity index (χ0v) is 12.1. The highest BCUT2D eigenvalue weighted by molar-refractivity contribution is 5.77. The van der Waals surface area contributed by atoms with Gasteiger partial charge in [0.15, 0.2) is 0 Å². The molecule has 0 bridgehead atoms. The number of nitrogens with zero attached hydrogens (tertiary/aromatic N) is 1. The summed E-state index contributed by atoms with van der Waals surface area (Å²) in [5, 5.41) is 1.15. The van der Waals surface area contributed by atoms with Gasteiger partial charge in [-0.25, -0.2) is 0 Å². The van der Waals surface area contributed by atoms with Gasteiger partial charge in [-0.15, -0.1) is 0 Å². The Morgan fingerprint density at radius 1 is 1.32 bits per heavy atom. The molecule has 2 rings (SSSR count). The molecule has 0 aliphatic carbocycles. The van der Waals surface area contributed by atoms with Crippen LogP contribution in [-0.4, -0.2) is 24.5 Å². The Bertz CT molecular complexity index is 487. The van der Waals surface area contributed by atoms with E-state index in [9.17, 15) is 0 Å². The van der Waals surface area contributed by atoms with Crippen molar-refractivity contribution in [3.63, 3.8) is 0 Å². The van der Waals surface area contributed by atoms with E-state index < -0.39 is 0 Å². The molecular formula is C16H24N2O. The Kier molecular flexibility index (Phi) is 4.61. The fourth-order valence-corrected chi connectivity index (χ4v) is 2.58. The summed E-state index contributed by atoms with van der Waals surface area (Å²) in [6.45, 7) is 5.03. The predicted molar refractivity (Wildman–Crippen MR) is 80.1 cm³/mol. The maximum absolute atomic E-state index is 5.96. The molecule has 0 radical (unpaired) electrons. The molecule has 2 aromatic rings. The fourth-order valence-electron chi connectivity index (χ4n) is 2.58. The minimum Gasteiger partial charge on any atom is -0.459 e. The molecule has 0 aliphatic rings. The lowest BCUT2D eigenvalue weighted by molar-refractivity contribution is 0.162. The van der Waals surface area contributed by atoms with Crippen LogP contribution in [0.25, 0.3) is 11.0 Å². The van der Waals surface area contributed by atoms with Crippen molar-refractivity contribution in [1.29, 1.82) is 0 Å². The molecule has 1 aromatic carbocycles. The van der Waals surface area contributed by atoms with Crippen molar-refractivity contribution >= 4 is 11.0 Å². The Morgan fingerprint density at radius 2 is 2.05 bits per heavy atom. The first kappa shape index (κ1) is 14.1. The minimum absolute atomic E-state index is 0.147. The number of likely N-dealkylation sites (N-methyl/N-ethyl adjacent to an activating group) is 1. The van der Waals surface area contributed by atoms with Gasteiger partial charge in [0.2, 0.25) is 0 Å². The van der Waals surface area contributed by atoms with Crippen molar-refractivity contribution < 1.29 is 4.42 Å². The number of benzene rings is 1. The molecule has 0 aliphatic heterocycles. The Balaban J connectivity index is 2.25. The molecule has 0 fully saturated rings. The normalized spacial score (nSPS) is 15.0. The first-order chi connectivity index (χ1) is 9.17. The minimum atomic E-state index is 0.147. The first-order valence-corrected chi connectivity index (χ1v) is 7.07. The molecule has 1 aromatic heterocycles. The van der Waals surface area contributed by atoms with Crippen LogP contribution in [0.2, 0.25) is 0 Å². The largest absolute Gasteiger partial charge is 0.459 e. The van der Waals surface area contributed by atoms with Gasteiger partial charge in [0.1, 0.15) is 11.3 Å². The van der Waals surface area contributed by atoms with Gasteiger partial charge in [0, 0.05) is 18.0 Å². The molecule has 0 spiro atoms. The zero-order chi connectivity index (χ0) is 13.8. The summed E-state index contributed by atoms with van der Waals surface area (Å²) in [4.78, 5) is 2.32. The van der Waals surface area contributed by atoms with Crippen molar-refractivity contribution in [3.05, 3.63) is 36.1 Å². The van der Waals surface area contributed by atoms with E-state index in [4.69, 9.17) is 10.2 Å². The molecule has 3 heteroatoms. The smallest absolute Gasteiger partial charge is 0.134 e. The van der Waals surface area contributed by atoms with Crippen LogP contribution in [0.3, 0.4) is 0 Å². The number of para-hydroxylation sites is 1. The van der Waals surface area contributed by atoms with E-state index in [2.05, 4.69) is 37.9 Å². The van der Waals surface area contributed by atoms with E-state index in [0.29, 0.717) is 12.6 Å². The molecule has 104 valence electrons. The second kappa shape index (κ2) is 6.22. The van der Waals surface area contributed by atoms with Crippen LogP contribution in [0.5, 0.6) is 0 Å². The second-order valence-electron chi connectivity index (χ2n) is 5.24. The van der Waals surface area contributed by atoms with Crippen molar-refractivity contribution in [3.8, 4) is 0 Å². The molecule has 2 N–H and O–H groups in total. The molecule has 0 saturated heterocycles. The Morgan fingerprint density at radius 3 is 2.68 bits per heavy atom. The van der Waals surface area contributed by atoms with Gasteiger partial charge >= 0.3 is 0 Å².